The SMILES string of the molecule is CC(C)(C)NC(=O)COC(=O)CCNS(=O)(=O)c1ccccc1Cl. The Kier molecular flexibility index (Phi) is 7.19. The lowest BCUT2D eigenvalue weighted by Crippen LogP contribution is -2.42. The van der Waals surface area contributed by atoms with E-state index >= 15 is 0 Å². The molecule has 0 atom stereocenters. The highest BCUT2D eigenvalue weighted by molar-refractivity contribution is 7.89. The second-order valence-corrected chi connectivity index (χ2v) is 8.18. The number of carbonyl (C=O) groups excluding carboxylic acids is 2. The third-order valence-electron chi connectivity index (χ3n) is 2.63. The van der Waals surface area contributed by atoms with E-state index in [0.717, 1.165) is 0 Å². The Hall–Kier alpha value is -1.64. The lowest BCUT2D eigenvalue weighted by atomic mass is 10.1. The summed E-state index contributed by atoms with van der Waals surface area (Å²) in [6.45, 7) is 4.84. The molecule has 24 heavy (non-hydrogen) atoms. The van der Waals surface area contributed by atoms with Gasteiger partial charge in [0, 0.05) is 12.1 Å². The van der Waals surface area contributed by atoms with Gasteiger partial charge in [-0.3, -0.25) is 9.59 Å². The molecule has 1 aromatic carbocycles. The van der Waals surface area contributed by atoms with Crippen molar-refractivity contribution in [3.8, 4) is 0 Å². The molecular weight excluding hydrogens is 356 g/mol. The first-order valence-corrected chi connectivity index (χ1v) is 9.08. The van der Waals surface area contributed by atoms with E-state index in [1.807, 2.05) is 0 Å². The predicted molar refractivity (Wildman–Crippen MR) is 90.1 cm³/mol. The highest BCUT2D eigenvalue weighted by atomic mass is 35.5. The van der Waals surface area contributed by atoms with Crippen molar-refractivity contribution in [2.75, 3.05) is 13.2 Å². The van der Waals surface area contributed by atoms with E-state index in [1.165, 1.54) is 12.1 Å². The number of esters is 1. The first-order valence-electron chi connectivity index (χ1n) is 7.22. The predicted octanol–water partition coefficient (Wildman–Crippen LogP) is 1.47. The van der Waals surface area contributed by atoms with Gasteiger partial charge in [-0.25, -0.2) is 13.1 Å². The standard InChI is InChI=1S/C15H21ClN2O5S/c1-15(2,3)18-13(19)10-23-14(20)8-9-17-24(21,22)12-7-5-4-6-11(12)16/h4-7,17H,8-10H2,1-3H3,(H,18,19). The van der Waals surface area contributed by atoms with Gasteiger partial charge in [-0.1, -0.05) is 23.7 Å². The van der Waals surface area contributed by atoms with E-state index < -0.39 is 34.0 Å². The molecule has 134 valence electrons. The van der Waals surface area contributed by atoms with Crippen LogP contribution in [0.3, 0.4) is 0 Å². The molecular formula is C15H21ClN2O5S. The van der Waals surface area contributed by atoms with Gasteiger partial charge in [0.15, 0.2) is 6.61 Å². The molecule has 0 aliphatic heterocycles. The number of carbonyl (C=O) groups is 2. The molecule has 2 N–H and O–H groups in total. The van der Waals surface area contributed by atoms with Crippen LogP contribution >= 0.6 is 11.6 Å². The number of hydrogen-bond acceptors (Lipinski definition) is 5. The summed E-state index contributed by atoms with van der Waals surface area (Å²) in [5, 5.41) is 2.73. The van der Waals surface area contributed by atoms with Crippen molar-refractivity contribution in [2.24, 2.45) is 0 Å². The first-order chi connectivity index (χ1) is 11.0. The molecule has 0 aromatic heterocycles. The number of rotatable bonds is 7. The molecule has 1 aromatic rings. The van der Waals surface area contributed by atoms with Crippen LogP contribution in [-0.2, 0) is 24.3 Å². The number of benzene rings is 1. The van der Waals surface area contributed by atoms with Gasteiger partial charge in [0.1, 0.15) is 4.90 Å². The summed E-state index contributed by atoms with van der Waals surface area (Å²) in [5.74, 6) is -1.10. The molecule has 0 bridgehead atoms. The van der Waals surface area contributed by atoms with E-state index in [-0.39, 0.29) is 22.9 Å². The van der Waals surface area contributed by atoms with Crippen molar-refractivity contribution < 1.29 is 22.7 Å². The molecule has 0 radical (unpaired) electrons. The van der Waals surface area contributed by atoms with Gasteiger partial charge >= 0.3 is 5.97 Å². The van der Waals surface area contributed by atoms with Gasteiger partial charge in [-0.2, -0.15) is 0 Å². The Balaban J connectivity index is 2.41. The van der Waals surface area contributed by atoms with Crippen molar-refractivity contribution in [3.63, 3.8) is 0 Å². The average molecular weight is 377 g/mol. The summed E-state index contributed by atoms with van der Waals surface area (Å²) in [5.41, 5.74) is -0.423. The molecule has 0 aliphatic carbocycles. The topological polar surface area (TPSA) is 102 Å². The minimum atomic E-state index is -3.81. The molecule has 0 saturated carbocycles. The quantitative estimate of drug-likeness (QED) is 0.701. The fraction of sp³-hybridized carbons (Fsp3) is 0.467. The Morgan fingerprint density at radius 1 is 1.21 bits per heavy atom. The Morgan fingerprint density at radius 3 is 2.42 bits per heavy atom. The maximum absolute atomic E-state index is 12.0. The van der Waals surface area contributed by atoms with E-state index in [1.54, 1.807) is 32.9 Å². The van der Waals surface area contributed by atoms with Crippen molar-refractivity contribution in [3.05, 3.63) is 29.3 Å². The number of hydrogen-bond donors (Lipinski definition) is 2. The number of nitrogens with one attached hydrogen (secondary N) is 2. The van der Waals surface area contributed by atoms with Crippen molar-refractivity contribution >= 4 is 33.5 Å². The molecule has 1 rings (SSSR count). The maximum atomic E-state index is 12.0. The van der Waals surface area contributed by atoms with Crippen LogP contribution in [0.5, 0.6) is 0 Å². The lowest BCUT2D eigenvalue weighted by molar-refractivity contribution is -0.148. The Labute approximate surface area is 146 Å². The molecule has 7 nitrogen and oxygen atoms in total. The maximum Gasteiger partial charge on any atom is 0.307 e. The zero-order valence-electron chi connectivity index (χ0n) is 13.8. The molecule has 9 heteroatoms. The van der Waals surface area contributed by atoms with E-state index in [2.05, 4.69) is 10.0 Å². The second-order valence-electron chi connectivity index (χ2n) is 6.04. The molecule has 0 spiro atoms. The molecule has 0 heterocycles. The summed E-state index contributed by atoms with van der Waals surface area (Å²) in [6.07, 6.45) is -0.202. The molecule has 1 amide bonds. The first kappa shape index (κ1) is 20.4. The van der Waals surface area contributed by atoms with Gasteiger partial charge in [0.05, 0.1) is 11.4 Å². The lowest BCUT2D eigenvalue weighted by Gasteiger charge is -2.20. The fourth-order valence-corrected chi connectivity index (χ4v) is 3.25. The van der Waals surface area contributed by atoms with Crippen LogP contribution < -0.4 is 10.0 Å². The molecule has 0 aliphatic rings. The van der Waals surface area contributed by atoms with Crippen LogP contribution in [0.1, 0.15) is 27.2 Å². The minimum absolute atomic E-state index is 0.0652. The van der Waals surface area contributed by atoms with Crippen molar-refractivity contribution in [1.82, 2.24) is 10.0 Å². The summed E-state index contributed by atoms with van der Waals surface area (Å²) in [4.78, 5) is 23.0. The summed E-state index contributed by atoms with van der Waals surface area (Å²) < 4.78 is 31.1. The third kappa shape index (κ3) is 7.29. The van der Waals surface area contributed by atoms with Gasteiger partial charge < -0.3 is 10.1 Å². The Morgan fingerprint density at radius 2 is 1.83 bits per heavy atom. The van der Waals surface area contributed by atoms with Gasteiger partial charge in [-0.05, 0) is 32.9 Å². The van der Waals surface area contributed by atoms with Crippen LogP contribution in [0.25, 0.3) is 0 Å². The summed E-state index contributed by atoms with van der Waals surface area (Å²) in [7, 11) is -3.81. The fourth-order valence-electron chi connectivity index (χ4n) is 1.70. The molecule has 0 fully saturated rings. The summed E-state index contributed by atoms with van der Waals surface area (Å²) >= 11 is 5.83. The largest absolute Gasteiger partial charge is 0.456 e. The van der Waals surface area contributed by atoms with Crippen LogP contribution in [0.2, 0.25) is 5.02 Å². The van der Waals surface area contributed by atoms with Crippen molar-refractivity contribution in [1.29, 1.82) is 0 Å². The van der Waals surface area contributed by atoms with Crippen LogP contribution in [0, 0.1) is 0 Å². The van der Waals surface area contributed by atoms with E-state index in [4.69, 9.17) is 16.3 Å². The van der Waals surface area contributed by atoms with Gasteiger partial charge in [0.25, 0.3) is 5.91 Å². The smallest absolute Gasteiger partial charge is 0.307 e. The molecule has 0 saturated heterocycles. The minimum Gasteiger partial charge on any atom is -0.456 e. The number of ether oxygens (including phenoxy) is 1. The average Bonchev–Trinajstić information content (AvgIpc) is 2.43. The second kappa shape index (κ2) is 8.46. The van der Waals surface area contributed by atoms with Crippen LogP contribution in [0.4, 0.5) is 0 Å². The van der Waals surface area contributed by atoms with Gasteiger partial charge in [-0.15, -0.1) is 0 Å². The van der Waals surface area contributed by atoms with E-state index in [0.29, 0.717) is 0 Å². The monoisotopic (exact) mass is 376 g/mol. The normalized spacial score (nSPS) is 11.8. The number of amides is 1. The third-order valence-corrected chi connectivity index (χ3v) is 4.59. The van der Waals surface area contributed by atoms with E-state index in [9.17, 15) is 18.0 Å². The molecule has 0 unspecified atom stereocenters. The van der Waals surface area contributed by atoms with Crippen LogP contribution in [-0.4, -0.2) is 39.0 Å². The zero-order chi connectivity index (χ0) is 18.4. The zero-order valence-corrected chi connectivity index (χ0v) is 15.3. The Bertz CT molecular complexity index is 698. The van der Waals surface area contributed by atoms with Crippen LogP contribution in [0.15, 0.2) is 29.2 Å². The van der Waals surface area contributed by atoms with Crippen molar-refractivity contribution in [2.45, 2.75) is 37.6 Å². The number of sulfonamides is 1. The highest BCUT2D eigenvalue weighted by Gasteiger charge is 2.18. The summed E-state index contributed by atoms with van der Waals surface area (Å²) in [6, 6.07) is 5.97. The highest BCUT2D eigenvalue weighted by Crippen LogP contribution is 2.19. The van der Waals surface area contributed by atoms with Gasteiger partial charge in [0.2, 0.25) is 10.0 Å². The number of halogens is 1.